The molecule has 0 heterocycles. The van der Waals surface area contributed by atoms with Gasteiger partial charge in [0.05, 0.1) is 6.61 Å². The van der Waals surface area contributed by atoms with Crippen molar-refractivity contribution in [3.8, 4) is 0 Å². The van der Waals surface area contributed by atoms with Crippen LogP contribution >= 0.6 is 12.4 Å². The van der Waals surface area contributed by atoms with Crippen molar-refractivity contribution in [3.05, 3.63) is 0 Å². The SMILES string of the molecule is CCC(N)(CC)CO.Cl. The summed E-state index contributed by atoms with van der Waals surface area (Å²) in [5.41, 5.74) is 5.33. The highest BCUT2D eigenvalue weighted by atomic mass is 35.5. The first kappa shape index (κ1) is 11.9. The van der Waals surface area contributed by atoms with Crippen molar-refractivity contribution < 1.29 is 5.11 Å². The lowest BCUT2D eigenvalue weighted by molar-refractivity contribution is 0.187. The lowest BCUT2D eigenvalue weighted by Gasteiger charge is -2.22. The Morgan fingerprint density at radius 1 is 1.33 bits per heavy atom. The van der Waals surface area contributed by atoms with Crippen LogP contribution in [-0.4, -0.2) is 17.3 Å². The van der Waals surface area contributed by atoms with Crippen LogP contribution < -0.4 is 5.73 Å². The maximum Gasteiger partial charge on any atom is 0.0610 e. The van der Waals surface area contributed by atoms with Gasteiger partial charge in [0, 0.05) is 5.54 Å². The third kappa shape index (κ3) is 3.73. The van der Waals surface area contributed by atoms with Gasteiger partial charge in [-0.2, -0.15) is 0 Å². The van der Waals surface area contributed by atoms with E-state index in [1.165, 1.54) is 0 Å². The van der Waals surface area contributed by atoms with Gasteiger partial charge in [-0.1, -0.05) is 13.8 Å². The molecule has 0 aromatic carbocycles. The van der Waals surface area contributed by atoms with E-state index >= 15 is 0 Å². The Morgan fingerprint density at radius 3 is 1.67 bits per heavy atom. The zero-order valence-electron chi connectivity index (χ0n) is 6.05. The molecule has 58 valence electrons. The molecule has 0 aromatic heterocycles. The van der Waals surface area contributed by atoms with Crippen LogP contribution in [0.25, 0.3) is 0 Å². The summed E-state index contributed by atoms with van der Waals surface area (Å²) in [6, 6.07) is 0. The molecule has 0 amide bonds. The molecule has 0 fully saturated rings. The quantitative estimate of drug-likeness (QED) is 0.634. The van der Waals surface area contributed by atoms with Crippen molar-refractivity contribution in [2.24, 2.45) is 5.73 Å². The molecule has 3 N–H and O–H groups in total. The van der Waals surface area contributed by atoms with E-state index in [9.17, 15) is 0 Å². The largest absolute Gasteiger partial charge is 0.394 e. The van der Waals surface area contributed by atoms with Gasteiger partial charge in [-0.05, 0) is 12.8 Å². The Balaban J connectivity index is 0. The first-order chi connectivity index (χ1) is 3.68. The van der Waals surface area contributed by atoms with Crippen LogP contribution in [0.2, 0.25) is 0 Å². The predicted octanol–water partition coefficient (Wildman–Crippen LogP) is 0.918. The van der Waals surface area contributed by atoms with E-state index < -0.39 is 0 Å². The molecule has 3 heteroatoms. The molecule has 9 heavy (non-hydrogen) atoms. The third-order valence-electron chi connectivity index (χ3n) is 1.72. The highest BCUT2D eigenvalue weighted by Crippen LogP contribution is 2.08. The Labute approximate surface area is 62.9 Å². The van der Waals surface area contributed by atoms with Gasteiger partial charge in [0.25, 0.3) is 0 Å². The van der Waals surface area contributed by atoms with Crippen molar-refractivity contribution in [3.63, 3.8) is 0 Å². The third-order valence-corrected chi connectivity index (χ3v) is 1.72. The van der Waals surface area contributed by atoms with Crippen LogP contribution in [0.3, 0.4) is 0 Å². The number of rotatable bonds is 3. The smallest absolute Gasteiger partial charge is 0.0610 e. The number of aliphatic hydroxyl groups is 1. The number of hydrogen-bond donors (Lipinski definition) is 2. The minimum absolute atomic E-state index is 0. The maximum atomic E-state index is 8.66. The van der Waals surface area contributed by atoms with Crippen molar-refractivity contribution in [2.75, 3.05) is 6.61 Å². The van der Waals surface area contributed by atoms with Crippen LogP contribution in [0, 0.1) is 0 Å². The van der Waals surface area contributed by atoms with E-state index in [4.69, 9.17) is 10.8 Å². The molecular weight excluding hydrogens is 138 g/mol. The fourth-order valence-electron chi connectivity index (χ4n) is 0.474. The van der Waals surface area contributed by atoms with E-state index in [1.54, 1.807) is 0 Å². The predicted molar refractivity (Wildman–Crippen MR) is 41.8 cm³/mol. The summed E-state index contributed by atoms with van der Waals surface area (Å²) >= 11 is 0. The molecule has 0 radical (unpaired) electrons. The lowest BCUT2D eigenvalue weighted by atomic mass is 9.96. The summed E-state index contributed by atoms with van der Waals surface area (Å²) in [7, 11) is 0. The number of halogens is 1. The van der Waals surface area contributed by atoms with Crippen LogP contribution in [0.5, 0.6) is 0 Å². The summed E-state index contributed by atoms with van der Waals surface area (Å²) in [6.07, 6.45) is 1.69. The lowest BCUT2D eigenvalue weighted by Crippen LogP contribution is -2.42. The van der Waals surface area contributed by atoms with Gasteiger partial charge in [0.15, 0.2) is 0 Å². The Morgan fingerprint density at radius 2 is 1.67 bits per heavy atom. The van der Waals surface area contributed by atoms with Crippen LogP contribution in [0.15, 0.2) is 0 Å². The Hall–Kier alpha value is 0.210. The van der Waals surface area contributed by atoms with Crippen molar-refractivity contribution >= 4 is 12.4 Å². The van der Waals surface area contributed by atoms with Gasteiger partial charge in [-0.15, -0.1) is 12.4 Å². The zero-order chi connectivity index (χ0) is 6.62. The topological polar surface area (TPSA) is 46.2 Å². The molecule has 0 saturated heterocycles. The van der Waals surface area contributed by atoms with Crippen molar-refractivity contribution in [2.45, 2.75) is 32.2 Å². The maximum absolute atomic E-state index is 8.66. The summed E-state index contributed by atoms with van der Waals surface area (Å²) < 4.78 is 0. The summed E-state index contributed by atoms with van der Waals surface area (Å²) in [5, 5.41) is 8.66. The molecule has 0 aliphatic heterocycles. The zero-order valence-corrected chi connectivity index (χ0v) is 6.87. The van der Waals surface area contributed by atoms with E-state index in [1.807, 2.05) is 13.8 Å². The van der Waals surface area contributed by atoms with Crippen LogP contribution in [0.1, 0.15) is 26.7 Å². The monoisotopic (exact) mass is 153 g/mol. The molecule has 0 spiro atoms. The molecule has 0 atom stereocenters. The second-order valence-corrected chi connectivity index (χ2v) is 2.23. The highest BCUT2D eigenvalue weighted by molar-refractivity contribution is 5.85. The molecule has 0 bridgehead atoms. The van der Waals surface area contributed by atoms with Crippen LogP contribution in [-0.2, 0) is 0 Å². The molecule has 0 rings (SSSR count). The molecule has 2 nitrogen and oxygen atoms in total. The Bertz CT molecular complexity index is 55.8. The first-order valence-electron chi connectivity index (χ1n) is 3.08. The molecule has 0 unspecified atom stereocenters. The fraction of sp³-hybridized carbons (Fsp3) is 1.00. The van der Waals surface area contributed by atoms with Crippen LogP contribution in [0.4, 0.5) is 0 Å². The number of aliphatic hydroxyl groups excluding tert-OH is 1. The van der Waals surface area contributed by atoms with Crippen molar-refractivity contribution in [1.82, 2.24) is 0 Å². The van der Waals surface area contributed by atoms with Gasteiger partial charge in [0.2, 0.25) is 0 Å². The van der Waals surface area contributed by atoms with Gasteiger partial charge in [0.1, 0.15) is 0 Å². The average Bonchev–Trinajstić information content (AvgIpc) is 1.87. The molecular formula is C6H16ClNO. The standard InChI is InChI=1S/C6H15NO.ClH/c1-3-6(7,4-2)5-8;/h8H,3-5,7H2,1-2H3;1H. The van der Waals surface area contributed by atoms with Gasteiger partial charge in [-0.25, -0.2) is 0 Å². The van der Waals surface area contributed by atoms with E-state index in [-0.39, 0.29) is 24.6 Å². The second kappa shape index (κ2) is 5.03. The molecule has 0 aromatic rings. The van der Waals surface area contributed by atoms with Gasteiger partial charge in [-0.3, -0.25) is 0 Å². The van der Waals surface area contributed by atoms with Crippen molar-refractivity contribution in [1.29, 1.82) is 0 Å². The second-order valence-electron chi connectivity index (χ2n) is 2.23. The Kier molecular flexibility index (Phi) is 6.68. The summed E-state index contributed by atoms with van der Waals surface area (Å²) in [6.45, 7) is 4.07. The number of nitrogens with two attached hydrogens (primary N) is 1. The normalized spacial score (nSPS) is 10.7. The minimum atomic E-state index is -0.319. The van der Waals surface area contributed by atoms with E-state index in [0.717, 1.165) is 12.8 Å². The summed E-state index contributed by atoms with van der Waals surface area (Å²) in [4.78, 5) is 0. The average molecular weight is 154 g/mol. The highest BCUT2D eigenvalue weighted by Gasteiger charge is 2.17. The van der Waals surface area contributed by atoms with E-state index in [2.05, 4.69) is 0 Å². The van der Waals surface area contributed by atoms with Gasteiger partial charge >= 0.3 is 0 Å². The fourth-order valence-corrected chi connectivity index (χ4v) is 0.474. The first-order valence-corrected chi connectivity index (χ1v) is 3.08. The molecule has 0 saturated carbocycles. The van der Waals surface area contributed by atoms with Gasteiger partial charge < -0.3 is 10.8 Å². The molecule has 0 aliphatic carbocycles. The number of hydrogen-bond acceptors (Lipinski definition) is 2. The molecule has 0 aliphatic rings. The minimum Gasteiger partial charge on any atom is -0.394 e. The summed E-state index contributed by atoms with van der Waals surface area (Å²) in [5.74, 6) is 0. The van der Waals surface area contributed by atoms with E-state index in [0.29, 0.717) is 0 Å².